The lowest BCUT2D eigenvalue weighted by atomic mass is 9.73. The quantitative estimate of drug-likeness (QED) is 0.699. The summed E-state index contributed by atoms with van der Waals surface area (Å²) in [5.74, 6) is 2.95. The zero-order valence-electron chi connectivity index (χ0n) is 10.7. The molecule has 1 spiro atoms. The first-order valence-corrected chi connectivity index (χ1v) is 6.88. The minimum absolute atomic E-state index is 0.784. The van der Waals surface area contributed by atoms with E-state index in [1.54, 1.807) is 0 Å². The minimum Gasteiger partial charge on any atom is -0.316 e. The Labute approximate surface area is 95.0 Å². The molecule has 0 amide bonds. The lowest BCUT2D eigenvalue weighted by Gasteiger charge is -2.33. The number of nitrogens with one attached hydrogen (secondary N) is 1. The Morgan fingerprint density at radius 1 is 1.20 bits per heavy atom. The van der Waals surface area contributed by atoms with Gasteiger partial charge in [0.25, 0.3) is 0 Å². The monoisotopic (exact) mass is 209 g/mol. The molecular weight excluding hydrogens is 182 g/mol. The topological polar surface area (TPSA) is 12.0 Å². The van der Waals surface area contributed by atoms with Crippen LogP contribution in [0.4, 0.5) is 0 Å². The van der Waals surface area contributed by atoms with Crippen LogP contribution in [-0.4, -0.2) is 13.1 Å². The molecule has 0 radical (unpaired) electrons. The van der Waals surface area contributed by atoms with E-state index in [2.05, 4.69) is 26.1 Å². The normalized spacial score (nSPS) is 44.6. The fourth-order valence-corrected chi connectivity index (χ4v) is 3.47. The molecule has 88 valence electrons. The molecule has 0 aromatic carbocycles. The second-order valence-corrected chi connectivity index (χ2v) is 6.16. The molecule has 1 nitrogen and oxygen atoms in total. The first-order valence-electron chi connectivity index (χ1n) is 6.88. The summed E-state index contributed by atoms with van der Waals surface area (Å²) in [6, 6.07) is 0. The highest BCUT2D eigenvalue weighted by Crippen LogP contribution is 2.62. The molecule has 2 rings (SSSR count). The van der Waals surface area contributed by atoms with E-state index < -0.39 is 0 Å². The highest BCUT2D eigenvalue weighted by Gasteiger charge is 2.55. The van der Waals surface area contributed by atoms with E-state index in [0.717, 1.165) is 23.2 Å². The van der Waals surface area contributed by atoms with Crippen LogP contribution >= 0.6 is 0 Å². The maximum absolute atomic E-state index is 3.59. The molecule has 0 saturated heterocycles. The van der Waals surface area contributed by atoms with Gasteiger partial charge >= 0.3 is 0 Å². The first kappa shape index (κ1) is 11.4. The largest absolute Gasteiger partial charge is 0.316 e. The van der Waals surface area contributed by atoms with Gasteiger partial charge in [0.15, 0.2) is 0 Å². The van der Waals surface area contributed by atoms with Gasteiger partial charge in [-0.25, -0.2) is 0 Å². The predicted octanol–water partition coefficient (Wildman–Crippen LogP) is 3.45. The van der Waals surface area contributed by atoms with Crippen LogP contribution in [0.15, 0.2) is 0 Å². The zero-order valence-corrected chi connectivity index (χ0v) is 10.7. The molecule has 15 heavy (non-hydrogen) atoms. The molecule has 0 heterocycles. The molecule has 0 aromatic rings. The Morgan fingerprint density at radius 2 is 2.00 bits per heavy atom. The van der Waals surface area contributed by atoms with Gasteiger partial charge in [0.1, 0.15) is 0 Å². The van der Waals surface area contributed by atoms with Gasteiger partial charge in [0.05, 0.1) is 0 Å². The number of rotatable bonds is 4. The Bertz CT molecular complexity index is 211. The maximum Gasteiger partial charge on any atom is -0.00150 e. The van der Waals surface area contributed by atoms with Crippen LogP contribution in [0, 0.1) is 23.2 Å². The van der Waals surface area contributed by atoms with Crippen LogP contribution in [-0.2, 0) is 0 Å². The standard InChI is InChI=1S/C14H27N/c1-4-7-15-10-13-9-14(13)6-5-11(2)12(3)8-14/h11-13,15H,4-10H2,1-3H3. The molecule has 4 unspecified atom stereocenters. The first-order chi connectivity index (χ1) is 7.18. The third-order valence-corrected chi connectivity index (χ3v) is 4.97. The third-order valence-electron chi connectivity index (χ3n) is 4.97. The Kier molecular flexibility index (Phi) is 3.39. The second-order valence-electron chi connectivity index (χ2n) is 6.16. The molecule has 4 atom stereocenters. The number of hydrogen-bond donors (Lipinski definition) is 1. The summed E-state index contributed by atoms with van der Waals surface area (Å²) >= 11 is 0. The van der Waals surface area contributed by atoms with Crippen molar-refractivity contribution in [1.82, 2.24) is 5.32 Å². The van der Waals surface area contributed by atoms with E-state index in [1.165, 1.54) is 45.2 Å². The lowest BCUT2D eigenvalue weighted by molar-refractivity contribution is 0.178. The van der Waals surface area contributed by atoms with Gasteiger partial charge in [-0.3, -0.25) is 0 Å². The van der Waals surface area contributed by atoms with Gasteiger partial charge in [0.2, 0.25) is 0 Å². The molecular formula is C14H27N. The predicted molar refractivity (Wildman–Crippen MR) is 65.9 cm³/mol. The van der Waals surface area contributed by atoms with Crippen LogP contribution in [0.25, 0.3) is 0 Å². The average molecular weight is 209 g/mol. The third kappa shape index (κ3) is 2.38. The molecule has 1 N–H and O–H groups in total. The summed E-state index contributed by atoms with van der Waals surface area (Å²) in [5, 5.41) is 3.59. The lowest BCUT2D eigenvalue weighted by Crippen LogP contribution is -2.26. The van der Waals surface area contributed by atoms with Crippen molar-refractivity contribution >= 4 is 0 Å². The van der Waals surface area contributed by atoms with E-state index >= 15 is 0 Å². The maximum atomic E-state index is 3.59. The summed E-state index contributed by atoms with van der Waals surface area (Å²) in [6.45, 7) is 9.64. The SMILES string of the molecule is CCCNCC1CC12CCC(C)C(C)C2. The van der Waals surface area contributed by atoms with Crippen molar-refractivity contribution in [3.8, 4) is 0 Å². The summed E-state index contributed by atoms with van der Waals surface area (Å²) < 4.78 is 0. The van der Waals surface area contributed by atoms with E-state index in [9.17, 15) is 0 Å². The van der Waals surface area contributed by atoms with E-state index in [4.69, 9.17) is 0 Å². The summed E-state index contributed by atoms with van der Waals surface area (Å²) in [5.41, 5.74) is 0.784. The minimum atomic E-state index is 0.784. The van der Waals surface area contributed by atoms with Crippen molar-refractivity contribution in [3.63, 3.8) is 0 Å². The van der Waals surface area contributed by atoms with Crippen LogP contribution in [0.5, 0.6) is 0 Å². The van der Waals surface area contributed by atoms with Crippen LogP contribution < -0.4 is 5.32 Å². The van der Waals surface area contributed by atoms with Crippen LogP contribution in [0.2, 0.25) is 0 Å². The fraction of sp³-hybridized carbons (Fsp3) is 1.00. The molecule has 0 aromatic heterocycles. The Morgan fingerprint density at radius 3 is 2.67 bits per heavy atom. The summed E-state index contributed by atoms with van der Waals surface area (Å²) in [6.07, 6.45) is 7.28. The van der Waals surface area contributed by atoms with E-state index in [1.807, 2.05) is 0 Å². The highest BCUT2D eigenvalue weighted by atomic mass is 14.9. The van der Waals surface area contributed by atoms with Gasteiger partial charge in [-0.1, -0.05) is 20.8 Å². The van der Waals surface area contributed by atoms with E-state index in [-0.39, 0.29) is 0 Å². The van der Waals surface area contributed by atoms with Crippen molar-refractivity contribution < 1.29 is 0 Å². The van der Waals surface area contributed by atoms with Crippen molar-refractivity contribution in [2.75, 3.05) is 13.1 Å². The fourth-order valence-electron chi connectivity index (χ4n) is 3.47. The molecule has 0 aliphatic heterocycles. The van der Waals surface area contributed by atoms with Gasteiger partial charge in [-0.2, -0.15) is 0 Å². The van der Waals surface area contributed by atoms with Gasteiger partial charge in [0, 0.05) is 0 Å². The summed E-state index contributed by atoms with van der Waals surface area (Å²) in [7, 11) is 0. The van der Waals surface area contributed by atoms with Crippen LogP contribution in [0.3, 0.4) is 0 Å². The smallest absolute Gasteiger partial charge is 0.00150 e. The van der Waals surface area contributed by atoms with E-state index in [0.29, 0.717) is 0 Å². The van der Waals surface area contributed by atoms with Crippen molar-refractivity contribution in [1.29, 1.82) is 0 Å². The number of hydrogen-bond acceptors (Lipinski definition) is 1. The highest BCUT2D eigenvalue weighted by molar-refractivity contribution is 5.05. The van der Waals surface area contributed by atoms with Crippen LogP contribution in [0.1, 0.15) is 52.9 Å². The molecule has 1 heteroatoms. The van der Waals surface area contributed by atoms with Gasteiger partial charge in [-0.05, 0) is 68.4 Å². The Balaban J connectivity index is 1.75. The summed E-state index contributed by atoms with van der Waals surface area (Å²) in [4.78, 5) is 0. The zero-order chi connectivity index (χ0) is 10.9. The molecule has 0 bridgehead atoms. The molecule has 2 aliphatic carbocycles. The van der Waals surface area contributed by atoms with Crippen molar-refractivity contribution in [2.45, 2.75) is 52.9 Å². The van der Waals surface area contributed by atoms with Crippen molar-refractivity contribution in [2.24, 2.45) is 23.2 Å². The second kappa shape index (κ2) is 4.45. The molecule has 2 fully saturated rings. The Hall–Kier alpha value is -0.0400. The molecule has 2 aliphatic rings. The van der Waals surface area contributed by atoms with Gasteiger partial charge in [-0.15, -0.1) is 0 Å². The molecule has 2 saturated carbocycles. The van der Waals surface area contributed by atoms with Gasteiger partial charge < -0.3 is 5.32 Å². The average Bonchev–Trinajstić information content (AvgIpc) is 2.87. The van der Waals surface area contributed by atoms with Crippen molar-refractivity contribution in [3.05, 3.63) is 0 Å².